The van der Waals surface area contributed by atoms with Gasteiger partial charge in [0.05, 0.1) is 0 Å². The Morgan fingerprint density at radius 2 is 1.48 bits per heavy atom. The van der Waals surface area contributed by atoms with E-state index >= 15 is 0 Å². The van der Waals surface area contributed by atoms with Crippen molar-refractivity contribution in [2.24, 2.45) is 5.41 Å². The molecule has 0 spiro atoms. The number of benzene rings is 2. The van der Waals surface area contributed by atoms with Crippen LogP contribution in [0.15, 0.2) is 60.7 Å². The molecule has 0 unspecified atom stereocenters. The van der Waals surface area contributed by atoms with Crippen LogP contribution in [0.4, 0.5) is 4.79 Å². The van der Waals surface area contributed by atoms with Gasteiger partial charge >= 0.3 is 6.09 Å². The molecule has 2 rings (SSSR count). The van der Waals surface area contributed by atoms with Crippen molar-refractivity contribution in [3.05, 3.63) is 71.8 Å². The summed E-state index contributed by atoms with van der Waals surface area (Å²) in [5.41, 5.74) is 2.13. The maximum atomic E-state index is 12.1. The van der Waals surface area contributed by atoms with Gasteiger partial charge in [-0.25, -0.2) is 4.79 Å². The number of amides is 1. The number of ether oxygens (including phenoxy) is 1. The van der Waals surface area contributed by atoms with Crippen molar-refractivity contribution in [2.75, 3.05) is 0 Å². The van der Waals surface area contributed by atoms with E-state index in [1.54, 1.807) is 0 Å². The second-order valence-corrected chi connectivity index (χ2v) is 6.81. The van der Waals surface area contributed by atoms with Crippen LogP contribution in [0, 0.1) is 5.41 Å². The molecule has 23 heavy (non-hydrogen) atoms. The smallest absolute Gasteiger partial charge is 0.407 e. The molecule has 0 bridgehead atoms. The predicted molar refractivity (Wildman–Crippen MR) is 93.2 cm³/mol. The minimum Gasteiger partial charge on any atom is -0.445 e. The summed E-state index contributed by atoms with van der Waals surface area (Å²) in [6, 6.07) is 19.9. The van der Waals surface area contributed by atoms with E-state index in [0.29, 0.717) is 0 Å². The van der Waals surface area contributed by atoms with Gasteiger partial charge in [-0.2, -0.15) is 0 Å². The third-order valence-electron chi connectivity index (χ3n) is 3.83. The highest BCUT2D eigenvalue weighted by molar-refractivity contribution is 5.67. The topological polar surface area (TPSA) is 38.3 Å². The van der Waals surface area contributed by atoms with Crippen LogP contribution in [0.1, 0.15) is 31.9 Å². The highest BCUT2D eigenvalue weighted by atomic mass is 16.5. The first-order chi connectivity index (χ1) is 10.9. The van der Waals surface area contributed by atoms with Gasteiger partial charge < -0.3 is 10.1 Å². The van der Waals surface area contributed by atoms with E-state index in [1.807, 2.05) is 48.5 Å². The highest BCUT2D eigenvalue weighted by Crippen LogP contribution is 2.23. The fourth-order valence-corrected chi connectivity index (χ4v) is 2.33. The maximum absolute atomic E-state index is 12.1. The van der Waals surface area contributed by atoms with E-state index in [0.717, 1.165) is 12.0 Å². The monoisotopic (exact) mass is 311 g/mol. The SMILES string of the molecule is CC(C)(C)[C@H](Cc1ccccc1)NC(=O)OCc1ccccc1. The molecule has 0 fully saturated rings. The van der Waals surface area contributed by atoms with Gasteiger partial charge in [-0.15, -0.1) is 0 Å². The van der Waals surface area contributed by atoms with Gasteiger partial charge in [0.15, 0.2) is 0 Å². The van der Waals surface area contributed by atoms with Crippen molar-refractivity contribution in [3.63, 3.8) is 0 Å². The molecule has 0 saturated carbocycles. The molecule has 0 aliphatic heterocycles. The van der Waals surface area contributed by atoms with Crippen LogP contribution in [0.2, 0.25) is 0 Å². The molecular weight excluding hydrogens is 286 g/mol. The molecule has 1 amide bonds. The molecule has 2 aromatic carbocycles. The van der Waals surface area contributed by atoms with Crippen molar-refractivity contribution in [1.29, 1.82) is 0 Å². The summed E-state index contributed by atoms with van der Waals surface area (Å²) in [6.45, 7) is 6.66. The summed E-state index contributed by atoms with van der Waals surface area (Å²) in [5, 5.41) is 3.01. The average molecular weight is 311 g/mol. The van der Waals surface area contributed by atoms with Crippen LogP contribution >= 0.6 is 0 Å². The lowest BCUT2D eigenvalue weighted by Crippen LogP contribution is -2.45. The number of hydrogen-bond donors (Lipinski definition) is 1. The van der Waals surface area contributed by atoms with Gasteiger partial charge in [0.25, 0.3) is 0 Å². The van der Waals surface area contributed by atoms with Gasteiger partial charge in [0.2, 0.25) is 0 Å². The van der Waals surface area contributed by atoms with Crippen molar-refractivity contribution in [2.45, 2.75) is 39.8 Å². The molecule has 0 aromatic heterocycles. The minimum absolute atomic E-state index is 0.00757. The fourth-order valence-electron chi connectivity index (χ4n) is 2.33. The molecular formula is C20H25NO2. The molecule has 1 atom stereocenters. The molecule has 0 aliphatic carbocycles. The molecule has 2 aromatic rings. The first-order valence-electron chi connectivity index (χ1n) is 7.96. The van der Waals surface area contributed by atoms with Gasteiger partial charge in [0, 0.05) is 6.04 Å². The van der Waals surface area contributed by atoms with Crippen LogP contribution in [0.5, 0.6) is 0 Å². The van der Waals surface area contributed by atoms with E-state index in [1.165, 1.54) is 5.56 Å². The van der Waals surface area contributed by atoms with Crippen molar-refractivity contribution in [3.8, 4) is 0 Å². The van der Waals surface area contributed by atoms with Gasteiger partial charge in [-0.1, -0.05) is 81.4 Å². The average Bonchev–Trinajstić information content (AvgIpc) is 2.53. The molecule has 3 heteroatoms. The van der Waals surface area contributed by atoms with Crippen molar-refractivity contribution in [1.82, 2.24) is 5.32 Å². The lowest BCUT2D eigenvalue weighted by Gasteiger charge is -2.31. The molecule has 0 aliphatic rings. The summed E-state index contributed by atoms with van der Waals surface area (Å²) in [6.07, 6.45) is 0.412. The van der Waals surface area contributed by atoms with E-state index in [4.69, 9.17) is 4.74 Å². The Morgan fingerprint density at radius 3 is 2.00 bits per heavy atom. The Kier molecular flexibility index (Phi) is 5.80. The molecule has 122 valence electrons. The Hall–Kier alpha value is -2.29. The van der Waals surface area contributed by atoms with Crippen LogP contribution in [0.25, 0.3) is 0 Å². The van der Waals surface area contributed by atoms with Gasteiger partial charge in [0.1, 0.15) is 6.61 Å². The number of alkyl carbamates (subject to hydrolysis) is 1. The van der Waals surface area contributed by atoms with Crippen molar-refractivity contribution >= 4 is 6.09 Å². The third-order valence-corrected chi connectivity index (χ3v) is 3.83. The Balaban J connectivity index is 1.93. The standard InChI is InChI=1S/C20H25NO2/c1-20(2,3)18(14-16-10-6-4-7-11-16)21-19(22)23-15-17-12-8-5-9-13-17/h4-13,18H,14-15H2,1-3H3,(H,21,22)/t18-/m0/s1. The number of rotatable bonds is 5. The zero-order chi connectivity index (χ0) is 16.7. The van der Waals surface area contributed by atoms with Crippen molar-refractivity contribution < 1.29 is 9.53 Å². The summed E-state index contributed by atoms with van der Waals surface area (Å²) in [4.78, 5) is 12.1. The minimum atomic E-state index is -0.371. The van der Waals surface area contributed by atoms with Crippen LogP contribution in [0.3, 0.4) is 0 Å². The molecule has 0 radical (unpaired) electrons. The third kappa shape index (κ3) is 5.78. The maximum Gasteiger partial charge on any atom is 0.407 e. The summed E-state index contributed by atoms with van der Waals surface area (Å²) in [7, 11) is 0. The van der Waals surface area contributed by atoms with E-state index in [-0.39, 0.29) is 24.2 Å². The van der Waals surface area contributed by atoms with E-state index in [2.05, 4.69) is 38.2 Å². The quantitative estimate of drug-likeness (QED) is 0.878. The number of nitrogens with one attached hydrogen (secondary N) is 1. The van der Waals surface area contributed by atoms with Crippen LogP contribution in [-0.4, -0.2) is 12.1 Å². The first-order valence-corrected chi connectivity index (χ1v) is 7.96. The fraction of sp³-hybridized carbons (Fsp3) is 0.350. The van der Waals surface area contributed by atoms with E-state index < -0.39 is 0 Å². The van der Waals surface area contributed by atoms with Crippen LogP contribution in [-0.2, 0) is 17.8 Å². The number of hydrogen-bond acceptors (Lipinski definition) is 2. The second kappa shape index (κ2) is 7.82. The number of carbonyl (C=O) groups is 1. The lowest BCUT2D eigenvalue weighted by atomic mass is 9.83. The zero-order valence-electron chi connectivity index (χ0n) is 14.1. The largest absolute Gasteiger partial charge is 0.445 e. The van der Waals surface area contributed by atoms with E-state index in [9.17, 15) is 4.79 Å². The molecule has 3 nitrogen and oxygen atoms in total. The predicted octanol–water partition coefficient (Wildman–Crippen LogP) is 4.57. The highest BCUT2D eigenvalue weighted by Gasteiger charge is 2.27. The lowest BCUT2D eigenvalue weighted by molar-refractivity contribution is 0.126. The summed E-state index contributed by atoms with van der Waals surface area (Å²) in [5.74, 6) is 0. The second-order valence-electron chi connectivity index (χ2n) is 6.81. The molecule has 0 saturated heterocycles. The first kappa shape index (κ1) is 17.1. The Bertz CT molecular complexity index is 603. The summed E-state index contributed by atoms with van der Waals surface area (Å²) >= 11 is 0. The zero-order valence-corrected chi connectivity index (χ0v) is 14.1. The van der Waals surface area contributed by atoms with Gasteiger partial charge in [-0.3, -0.25) is 0 Å². The number of carbonyl (C=O) groups excluding carboxylic acids is 1. The Morgan fingerprint density at radius 1 is 0.957 bits per heavy atom. The summed E-state index contributed by atoms with van der Waals surface area (Å²) < 4.78 is 5.34. The molecule has 0 heterocycles. The van der Waals surface area contributed by atoms with Gasteiger partial charge in [-0.05, 0) is 23.0 Å². The molecule has 1 N–H and O–H groups in total. The van der Waals surface area contributed by atoms with Crippen LogP contribution < -0.4 is 5.32 Å². The normalized spacial score (nSPS) is 12.5. The Labute approximate surface area is 138 Å².